The SMILES string of the molecule is CC(C)(C)Oc1ccccc1NC(=O)CN.Cl. The van der Waals surface area contributed by atoms with E-state index >= 15 is 0 Å². The quantitative estimate of drug-likeness (QED) is 0.874. The van der Waals surface area contributed by atoms with E-state index in [0.29, 0.717) is 11.4 Å². The summed E-state index contributed by atoms with van der Waals surface area (Å²) < 4.78 is 5.72. The molecule has 3 N–H and O–H groups in total. The molecule has 96 valence electrons. The maximum Gasteiger partial charge on any atom is 0.238 e. The minimum absolute atomic E-state index is 0. The minimum Gasteiger partial charge on any atom is -0.486 e. The number of nitrogens with one attached hydrogen (secondary N) is 1. The van der Waals surface area contributed by atoms with Crippen LogP contribution in [0.4, 0.5) is 5.69 Å². The van der Waals surface area contributed by atoms with Crippen molar-refractivity contribution in [3.8, 4) is 5.75 Å². The van der Waals surface area contributed by atoms with Crippen molar-refractivity contribution in [2.45, 2.75) is 26.4 Å². The molecule has 0 radical (unpaired) electrons. The molecule has 1 rings (SSSR count). The molecule has 1 amide bonds. The predicted octanol–water partition coefficient (Wildman–Crippen LogP) is 2.18. The van der Waals surface area contributed by atoms with Crippen LogP contribution in [0.1, 0.15) is 20.8 Å². The van der Waals surface area contributed by atoms with E-state index in [0.717, 1.165) is 0 Å². The summed E-state index contributed by atoms with van der Waals surface area (Å²) in [6.07, 6.45) is 0. The number of anilines is 1. The summed E-state index contributed by atoms with van der Waals surface area (Å²) in [5, 5.41) is 2.69. The fraction of sp³-hybridized carbons (Fsp3) is 0.417. The van der Waals surface area contributed by atoms with Gasteiger partial charge in [0.25, 0.3) is 0 Å². The Kier molecular flexibility index (Phi) is 5.99. The fourth-order valence-electron chi connectivity index (χ4n) is 1.19. The lowest BCUT2D eigenvalue weighted by molar-refractivity contribution is -0.114. The number of nitrogens with two attached hydrogens (primary N) is 1. The third kappa shape index (κ3) is 5.56. The molecule has 0 heterocycles. The van der Waals surface area contributed by atoms with Crippen LogP contribution in [0.25, 0.3) is 0 Å². The van der Waals surface area contributed by atoms with E-state index < -0.39 is 0 Å². The van der Waals surface area contributed by atoms with Crippen LogP contribution >= 0.6 is 12.4 Å². The molecular formula is C12H19ClN2O2. The number of amides is 1. The van der Waals surface area contributed by atoms with Crippen LogP contribution < -0.4 is 15.8 Å². The largest absolute Gasteiger partial charge is 0.486 e. The van der Waals surface area contributed by atoms with Crippen LogP contribution in [-0.2, 0) is 4.79 Å². The summed E-state index contributed by atoms with van der Waals surface area (Å²) >= 11 is 0. The molecule has 0 spiro atoms. The second-order valence-electron chi connectivity index (χ2n) is 4.46. The standard InChI is InChI=1S/C12H18N2O2.ClH/c1-12(2,3)16-10-7-5-4-6-9(10)14-11(15)8-13;/h4-7H,8,13H2,1-3H3,(H,14,15);1H. The lowest BCUT2D eigenvalue weighted by Crippen LogP contribution is -2.25. The van der Waals surface area contributed by atoms with Gasteiger partial charge in [-0.2, -0.15) is 0 Å². The first-order valence-electron chi connectivity index (χ1n) is 5.20. The van der Waals surface area contributed by atoms with E-state index in [1.165, 1.54) is 0 Å². The molecule has 0 aliphatic rings. The molecule has 0 aliphatic heterocycles. The van der Waals surface area contributed by atoms with Crippen LogP contribution in [0.2, 0.25) is 0 Å². The average Bonchev–Trinajstić information content (AvgIpc) is 2.18. The van der Waals surface area contributed by atoms with Gasteiger partial charge in [-0.1, -0.05) is 12.1 Å². The molecule has 1 aromatic rings. The lowest BCUT2D eigenvalue weighted by atomic mass is 10.2. The summed E-state index contributed by atoms with van der Waals surface area (Å²) in [7, 11) is 0. The van der Waals surface area contributed by atoms with E-state index in [4.69, 9.17) is 10.5 Å². The average molecular weight is 259 g/mol. The highest BCUT2D eigenvalue weighted by Gasteiger charge is 2.14. The topological polar surface area (TPSA) is 64.3 Å². The van der Waals surface area contributed by atoms with Crippen LogP contribution in [-0.4, -0.2) is 18.1 Å². The molecule has 0 saturated carbocycles. The third-order valence-electron chi connectivity index (χ3n) is 1.76. The van der Waals surface area contributed by atoms with Gasteiger partial charge in [-0.05, 0) is 32.9 Å². The summed E-state index contributed by atoms with van der Waals surface area (Å²) in [4.78, 5) is 11.2. The predicted molar refractivity (Wildman–Crippen MR) is 71.8 cm³/mol. The van der Waals surface area contributed by atoms with Gasteiger partial charge in [0.05, 0.1) is 12.2 Å². The van der Waals surface area contributed by atoms with E-state index in [1.54, 1.807) is 6.07 Å². The van der Waals surface area contributed by atoms with Crippen LogP contribution in [0, 0.1) is 0 Å². The Morgan fingerprint density at radius 1 is 1.35 bits per heavy atom. The number of benzene rings is 1. The molecule has 4 nitrogen and oxygen atoms in total. The number of rotatable bonds is 3. The van der Waals surface area contributed by atoms with Gasteiger partial charge in [-0.15, -0.1) is 12.4 Å². The molecule has 0 unspecified atom stereocenters. The minimum atomic E-state index is -0.302. The van der Waals surface area contributed by atoms with Gasteiger partial charge in [0.2, 0.25) is 5.91 Å². The first-order chi connectivity index (χ1) is 7.42. The van der Waals surface area contributed by atoms with Gasteiger partial charge in [0.1, 0.15) is 11.4 Å². The Morgan fingerprint density at radius 2 is 1.94 bits per heavy atom. The molecule has 0 aromatic heterocycles. The Balaban J connectivity index is 0.00000256. The van der Waals surface area contributed by atoms with Gasteiger partial charge in [0, 0.05) is 0 Å². The first-order valence-corrected chi connectivity index (χ1v) is 5.20. The third-order valence-corrected chi connectivity index (χ3v) is 1.76. The highest BCUT2D eigenvalue weighted by molar-refractivity contribution is 5.93. The van der Waals surface area contributed by atoms with E-state index in [-0.39, 0.29) is 30.5 Å². The number of ether oxygens (including phenoxy) is 1. The van der Waals surface area contributed by atoms with Crippen molar-refractivity contribution < 1.29 is 9.53 Å². The second kappa shape index (κ2) is 6.47. The molecule has 1 aromatic carbocycles. The van der Waals surface area contributed by atoms with Gasteiger partial charge >= 0.3 is 0 Å². The maximum atomic E-state index is 11.2. The van der Waals surface area contributed by atoms with Crippen LogP contribution in [0.15, 0.2) is 24.3 Å². The number of carbonyl (C=O) groups is 1. The molecule has 0 saturated heterocycles. The summed E-state index contributed by atoms with van der Waals surface area (Å²) in [6.45, 7) is 5.82. The Labute approximate surface area is 108 Å². The number of para-hydroxylation sites is 2. The number of halogens is 1. The monoisotopic (exact) mass is 258 g/mol. The van der Waals surface area contributed by atoms with Crippen molar-refractivity contribution in [1.82, 2.24) is 0 Å². The zero-order chi connectivity index (χ0) is 12.2. The second-order valence-corrected chi connectivity index (χ2v) is 4.46. The Hall–Kier alpha value is -1.26. The molecule has 0 aliphatic carbocycles. The summed E-state index contributed by atoms with van der Waals surface area (Å²) in [6, 6.07) is 7.30. The normalized spacial score (nSPS) is 10.4. The number of hydrogen-bond donors (Lipinski definition) is 2. The zero-order valence-electron chi connectivity index (χ0n) is 10.3. The molecule has 0 fully saturated rings. The molecule has 0 atom stereocenters. The van der Waals surface area contributed by atoms with Crippen molar-refractivity contribution in [2.24, 2.45) is 5.73 Å². The molecule has 0 bridgehead atoms. The number of carbonyl (C=O) groups excluding carboxylic acids is 1. The van der Waals surface area contributed by atoms with Gasteiger partial charge in [-0.25, -0.2) is 0 Å². The van der Waals surface area contributed by atoms with Gasteiger partial charge in [-0.3, -0.25) is 4.79 Å². The van der Waals surface area contributed by atoms with Crippen molar-refractivity contribution in [3.05, 3.63) is 24.3 Å². The maximum absolute atomic E-state index is 11.2. The Morgan fingerprint density at radius 3 is 2.47 bits per heavy atom. The Bertz CT molecular complexity index is 375. The molecular weight excluding hydrogens is 240 g/mol. The van der Waals surface area contributed by atoms with E-state index in [2.05, 4.69) is 5.32 Å². The van der Waals surface area contributed by atoms with Gasteiger partial charge < -0.3 is 15.8 Å². The smallest absolute Gasteiger partial charge is 0.238 e. The molecule has 17 heavy (non-hydrogen) atoms. The highest BCUT2D eigenvalue weighted by atomic mass is 35.5. The van der Waals surface area contributed by atoms with Gasteiger partial charge in [0.15, 0.2) is 0 Å². The first kappa shape index (κ1) is 15.7. The van der Waals surface area contributed by atoms with Crippen molar-refractivity contribution in [2.75, 3.05) is 11.9 Å². The molecule has 5 heteroatoms. The summed E-state index contributed by atoms with van der Waals surface area (Å²) in [5.74, 6) is 0.418. The van der Waals surface area contributed by atoms with E-state index in [1.807, 2.05) is 39.0 Å². The van der Waals surface area contributed by atoms with Crippen molar-refractivity contribution >= 4 is 24.0 Å². The number of hydrogen-bond acceptors (Lipinski definition) is 3. The van der Waals surface area contributed by atoms with Crippen molar-refractivity contribution in [1.29, 1.82) is 0 Å². The summed E-state index contributed by atoms with van der Waals surface area (Å²) in [5.41, 5.74) is 5.59. The lowest BCUT2D eigenvalue weighted by Gasteiger charge is -2.23. The van der Waals surface area contributed by atoms with Crippen LogP contribution in [0.3, 0.4) is 0 Å². The highest BCUT2D eigenvalue weighted by Crippen LogP contribution is 2.27. The fourth-order valence-corrected chi connectivity index (χ4v) is 1.19. The zero-order valence-corrected chi connectivity index (χ0v) is 11.1. The van der Waals surface area contributed by atoms with Crippen molar-refractivity contribution in [3.63, 3.8) is 0 Å². The van der Waals surface area contributed by atoms with E-state index in [9.17, 15) is 4.79 Å². The van der Waals surface area contributed by atoms with Crippen LogP contribution in [0.5, 0.6) is 5.75 Å².